The van der Waals surface area contributed by atoms with E-state index in [1.54, 1.807) is 0 Å². The highest BCUT2D eigenvalue weighted by molar-refractivity contribution is 5.27. The van der Waals surface area contributed by atoms with Crippen LogP contribution in [-0.4, -0.2) is 32.5 Å². The summed E-state index contributed by atoms with van der Waals surface area (Å²) in [7, 11) is 0. The van der Waals surface area contributed by atoms with Crippen molar-refractivity contribution in [2.45, 2.75) is 44.6 Å². The van der Waals surface area contributed by atoms with Gasteiger partial charge in [0.25, 0.3) is 0 Å². The predicted octanol–water partition coefficient (Wildman–Crippen LogP) is 3.60. The minimum absolute atomic E-state index is 0.317. The van der Waals surface area contributed by atoms with Crippen LogP contribution in [0, 0.1) is 5.92 Å². The summed E-state index contributed by atoms with van der Waals surface area (Å²) in [6, 6.07) is 8.35. The molecule has 1 saturated heterocycles. The standard InChI is InChI=1S/C18H26O3/c1-2-4-16(5-3-1)12-19-11-10-15-6-8-17(9-7-15)20-13-18-14-21-18/h6-9,16,18H,1-5,10-14H2. The van der Waals surface area contributed by atoms with Crippen LogP contribution in [0.2, 0.25) is 0 Å². The van der Waals surface area contributed by atoms with Gasteiger partial charge in [0, 0.05) is 6.61 Å². The summed E-state index contributed by atoms with van der Waals surface area (Å²) in [6.45, 7) is 3.29. The van der Waals surface area contributed by atoms with Crippen LogP contribution in [0.15, 0.2) is 24.3 Å². The molecule has 3 rings (SSSR count). The third kappa shape index (κ3) is 5.33. The van der Waals surface area contributed by atoms with Gasteiger partial charge in [-0.2, -0.15) is 0 Å². The van der Waals surface area contributed by atoms with Crippen LogP contribution in [0.5, 0.6) is 5.75 Å². The maximum atomic E-state index is 5.85. The highest BCUT2D eigenvalue weighted by Crippen LogP contribution is 2.23. The summed E-state index contributed by atoms with van der Waals surface area (Å²) in [4.78, 5) is 0. The Balaban J connectivity index is 1.30. The number of ether oxygens (including phenoxy) is 3. The zero-order valence-corrected chi connectivity index (χ0v) is 12.8. The van der Waals surface area contributed by atoms with Crippen molar-refractivity contribution in [1.82, 2.24) is 0 Å². The molecule has 0 N–H and O–H groups in total. The fraction of sp³-hybridized carbons (Fsp3) is 0.667. The van der Waals surface area contributed by atoms with E-state index in [2.05, 4.69) is 12.1 Å². The van der Waals surface area contributed by atoms with Gasteiger partial charge in [-0.1, -0.05) is 31.4 Å². The van der Waals surface area contributed by atoms with Crippen molar-refractivity contribution < 1.29 is 14.2 Å². The molecule has 1 unspecified atom stereocenters. The van der Waals surface area contributed by atoms with E-state index in [4.69, 9.17) is 14.2 Å². The van der Waals surface area contributed by atoms with Gasteiger partial charge in [0.05, 0.1) is 13.2 Å². The van der Waals surface area contributed by atoms with Crippen LogP contribution in [0.1, 0.15) is 37.7 Å². The van der Waals surface area contributed by atoms with E-state index in [9.17, 15) is 0 Å². The van der Waals surface area contributed by atoms with E-state index < -0.39 is 0 Å². The summed E-state index contributed by atoms with van der Waals surface area (Å²) in [5, 5.41) is 0. The highest BCUT2D eigenvalue weighted by Gasteiger charge is 2.22. The van der Waals surface area contributed by atoms with Crippen molar-refractivity contribution in [3.8, 4) is 5.75 Å². The topological polar surface area (TPSA) is 31.0 Å². The fourth-order valence-corrected chi connectivity index (χ4v) is 2.90. The van der Waals surface area contributed by atoms with Gasteiger partial charge in [-0.3, -0.25) is 0 Å². The number of hydrogen-bond donors (Lipinski definition) is 0. The van der Waals surface area contributed by atoms with Crippen molar-refractivity contribution in [3.05, 3.63) is 29.8 Å². The summed E-state index contributed by atoms with van der Waals surface area (Å²) in [5.74, 6) is 1.73. The molecule has 1 heterocycles. The lowest BCUT2D eigenvalue weighted by molar-refractivity contribution is 0.0874. The molecule has 0 spiro atoms. The van der Waals surface area contributed by atoms with Crippen LogP contribution < -0.4 is 4.74 Å². The number of epoxide rings is 1. The van der Waals surface area contributed by atoms with Crippen molar-refractivity contribution in [3.63, 3.8) is 0 Å². The van der Waals surface area contributed by atoms with Gasteiger partial charge in [-0.15, -0.1) is 0 Å². The highest BCUT2D eigenvalue weighted by atomic mass is 16.6. The quantitative estimate of drug-likeness (QED) is 0.541. The predicted molar refractivity (Wildman–Crippen MR) is 82.8 cm³/mol. The Bertz CT molecular complexity index is 405. The van der Waals surface area contributed by atoms with Gasteiger partial charge in [-0.25, -0.2) is 0 Å². The monoisotopic (exact) mass is 290 g/mol. The lowest BCUT2D eigenvalue weighted by atomic mass is 9.90. The Morgan fingerprint density at radius 2 is 1.76 bits per heavy atom. The van der Waals surface area contributed by atoms with Gasteiger partial charge < -0.3 is 14.2 Å². The van der Waals surface area contributed by atoms with Gasteiger partial charge in [0.1, 0.15) is 18.5 Å². The van der Waals surface area contributed by atoms with Crippen LogP contribution in [0.25, 0.3) is 0 Å². The summed E-state index contributed by atoms with van der Waals surface area (Å²) in [6.07, 6.45) is 8.21. The molecule has 2 aliphatic rings. The van der Waals surface area contributed by atoms with E-state index in [1.807, 2.05) is 12.1 Å². The smallest absolute Gasteiger partial charge is 0.119 e. The van der Waals surface area contributed by atoms with E-state index >= 15 is 0 Å². The maximum absolute atomic E-state index is 5.85. The second-order valence-corrected chi connectivity index (χ2v) is 6.24. The lowest BCUT2D eigenvalue weighted by Crippen LogP contribution is -2.14. The van der Waals surface area contributed by atoms with Gasteiger partial charge in [0.2, 0.25) is 0 Å². The largest absolute Gasteiger partial charge is 0.491 e. The Morgan fingerprint density at radius 3 is 2.48 bits per heavy atom. The molecule has 3 nitrogen and oxygen atoms in total. The van der Waals surface area contributed by atoms with Crippen molar-refractivity contribution >= 4 is 0 Å². The van der Waals surface area contributed by atoms with Gasteiger partial charge in [-0.05, 0) is 42.9 Å². The lowest BCUT2D eigenvalue weighted by Gasteiger charge is -2.21. The van der Waals surface area contributed by atoms with E-state index in [1.165, 1.54) is 37.7 Å². The zero-order valence-electron chi connectivity index (χ0n) is 12.8. The Morgan fingerprint density at radius 1 is 1.00 bits per heavy atom. The van der Waals surface area contributed by atoms with Gasteiger partial charge >= 0.3 is 0 Å². The first kappa shape index (κ1) is 14.9. The number of hydrogen-bond acceptors (Lipinski definition) is 3. The second-order valence-electron chi connectivity index (χ2n) is 6.24. The molecular formula is C18H26O3. The Kier molecular flexibility index (Phi) is 5.53. The minimum Gasteiger partial charge on any atom is -0.491 e. The summed E-state index contributed by atoms with van der Waals surface area (Å²) < 4.78 is 16.6. The summed E-state index contributed by atoms with van der Waals surface area (Å²) >= 11 is 0. The molecule has 1 aliphatic heterocycles. The Hall–Kier alpha value is -1.06. The maximum Gasteiger partial charge on any atom is 0.119 e. The first-order chi connectivity index (χ1) is 10.4. The van der Waals surface area contributed by atoms with Crippen molar-refractivity contribution in [2.75, 3.05) is 26.4 Å². The van der Waals surface area contributed by atoms with E-state index in [0.717, 1.165) is 37.9 Å². The van der Waals surface area contributed by atoms with E-state index in [0.29, 0.717) is 12.7 Å². The molecule has 3 heteroatoms. The normalized spacial score (nSPS) is 22.2. The first-order valence-electron chi connectivity index (χ1n) is 8.31. The fourth-order valence-electron chi connectivity index (χ4n) is 2.90. The Labute approximate surface area is 127 Å². The molecule has 1 aromatic carbocycles. The molecule has 1 atom stereocenters. The molecule has 0 radical (unpaired) electrons. The van der Waals surface area contributed by atoms with Gasteiger partial charge in [0.15, 0.2) is 0 Å². The molecule has 21 heavy (non-hydrogen) atoms. The average Bonchev–Trinajstić information content (AvgIpc) is 3.36. The van der Waals surface area contributed by atoms with Crippen LogP contribution in [0.3, 0.4) is 0 Å². The molecule has 116 valence electrons. The third-order valence-corrected chi connectivity index (χ3v) is 4.37. The molecular weight excluding hydrogens is 264 g/mol. The summed E-state index contributed by atoms with van der Waals surface area (Å²) in [5.41, 5.74) is 1.31. The third-order valence-electron chi connectivity index (χ3n) is 4.37. The minimum atomic E-state index is 0.317. The van der Waals surface area contributed by atoms with Crippen molar-refractivity contribution in [1.29, 1.82) is 0 Å². The van der Waals surface area contributed by atoms with E-state index in [-0.39, 0.29) is 0 Å². The number of rotatable bonds is 8. The zero-order chi connectivity index (χ0) is 14.3. The molecule has 0 bridgehead atoms. The number of benzene rings is 1. The van der Waals surface area contributed by atoms with Crippen LogP contribution in [-0.2, 0) is 15.9 Å². The molecule has 1 aliphatic carbocycles. The SMILES string of the molecule is c1cc(OCC2CO2)ccc1CCOCC1CCCCC1. The van der Waals surface area contributed by atoms with Crippen molar-refractivity contribution in [2.24, 2.45) is 5.92 Å². The second kappa shape index (κ2) is 7.81. The molecule has 1 saturated carbocycles. The van der Waals surface area contributed by atoms with Crippen LogP contribution >= 0.6 is 0 Å². The molecule has 0 amide bonds. The molecule has 2 fully saturated rings. The molecule has 1 aromatic rings. The average molecular weight is 290 g/mol. The molecule has 0 aromatic heterocycles. The van der Waals surface area contributed by atoms with Crippen LogP contribution in [0.4, 0.5) is 0 Å². The first-order valence-corrected chi connectivity index (χ1v) is 8.31.